The highest BCUT2D eigenvalue weighted by atomic mass is 79.9. The molecule has 0 aliphatic carbocycles. The van der Waals surface area contributed by atoms with Crippen LogP contribution in [0.4, 0.5) is 0 Å². The Bertz CT molecular complexity index is 65.6. The van der Waals surface area contributed by atoms with Crippen molar-refractivity contribution in [3.8, 4) is 0 Å². The van der Waals surface area contributed by atoms with Crippen molar-refractivity contribution in [3.05, 3.63) is 0 Å². The van der Waals surface area contributed by atoms with Crippen molar-refractivity contribution in [2.24, 2.45) is 11.8 Å². The molecule has 0 amide bonds. The molecule has 0 N–H and O–H groups in total. The normalized spacial score (nSPS) is 11.5. The molecule has 0 fully saturated rings. The number of rotatable bonds is 6. The summed E-state index contributed by atoms with van der Waals surface area (Å²) in [4.78, 5) is 0. The largest absolute Gasteiger partial charge is 0.0925 e. The average Bonchev–Trinajstić information content (AvgIpc) is 2.07. The summed E-state index contributed by atoms with van der Waals surface area (Å²) >= 11 is 7.07. The van der Waals surface area contributed by atoms with E-state index in [4.69, 9.17) is 0 Å². The minimum atomic E-state index is 0.819. The first-order chi connectivity index (χ1) is 5.28. The van der Waals surface area contributed by atoms with Gasteiger partial charge in [-0.05, 0) is 18.3 Å². The van der Waals surface area contributed by atoms with Crippen LogP contribution >= 0.6 is 31.9 Å². The standard InChI is InChI=1S/C9H18Br2/c1-3-8(4-2)5-9(6-10)7-11/h8-9H,3-7H2,1-2H3. The number of hydrogen-bond donors (Lipinski definition) is 0. The van der Waals surface area contributed by atoms with Gasteiger partial charge in [0.05, 0.1) is 0 Å². The Kier molecular flexibility index (Phi) is 8.26. The molecule has 0 nitrogen and oxygen atoms in total. The zero-order valence-corrected chi connectivity index (χ0v) is 10.6. The molecule has 0 aromatic carbocycles. The average molecular weight is 286 g/mol. The molecule has 11 heavy (non-hydrogen) atoms. The van der Waals surface area contributed by atoms with Gasteiger partial charge in [0, 0.05) is 10.7 Å². The second kappa shape index (κ2) is 7.60. The fourth-order valence-corrected chi connectivity index (χ4v) is 2.86. The van der Waals surface area contributed by atoms with Crippen LogP contribution in [0.5, 0.6) is 0 Å². The third-order valence-corrected chi connectivity index (χ3v) is 4.09. The van der Waals surface area contributed by atoms with Crippen LogP contribution < -0.4 is 0 Å². The zero-order valence-electron chi connectivity index (χ0n) is 7.45. The number of alkyl halides is 2. The molecule has 0 saturated heterocycles. The Morgan fingerprint density at radius 2 is 1.36 bits per heavy atom. The van der Waals surface area contributed by atoms with Crippen LogP contribution in [-0.4, -0.2) is 10.7 Å². The molecular weight excluding hydrogens is 268 g/mol. The van der Waals surface area contributed by atoms with Gasteiger partial charge in [-0.2, -0.15) is 0 Å². The van der Waals surface area contributed by atoms with Crippen LogP contribution in [0.2, 0.25) is 0 Å². The van der Waals surface area contributed by atoms with Gasteiger partial charge in [-0.15, -0.1) is 0 Å². The predicted molar refractivity (Wildman–Crippen MR) is 59.8 cm³/mol. The molecule has 0 spiro atoms. The van der Waals surface area contributed by atoms with Crippen molar-refractivity contribution in [2.45, 2.75) is 33.1 Å². The first-order valence-electron chi connectivity index (χ1n) is 4.40. The summed E-state index contributed by atoms with van der Waals surface area (Å²) < 4.78 is 0. The van der Waals surface area contributed by atoms with Crippen molar-refractivity contribution in [3.63, 3.8) is 0 Å². The van der Waals surface area contributed by atoms with E-state index >= 15 is 0 Å². The van der Waals surface area contributed by atoms with Gasteiger partial charge in [-0.1, -0.05) is 58.5 Å². The van der Waals surface area contributed by atoms with Crippen LogP contribution in [0.3, 0.4) is 0 Å². The van der Waals surface area contributed by atoms with Gasteiger partial charge in [0.15, 0.2) is 0 Å². The van der Waals surface area contributed by atoms with E-state index in [1.54, 1.807) is 0 Å². The first-order valence-corrected chi connectivity index (χ1v) is 6.64. The summed E-state index contributed by atoms with van der Waals surface area (Å²) in [6.07, 6.45) is 4.02. The summed E-state index contributed by atoms with van der Waals surface area (Å²) in [7, 11) is 0. The summed E-state index contributed by atoms with van der Waals surface area (Å²) in [5, 5.41) is 2.27. The number of hydrogen-bond acceptors (Lipinski definition) is 0. The second-order valence-corrected chi connectivity index (χ2v) is 4.39. The molecule has 0 aromatic rings. The van der Waals surface area contributed by atoms with Gasteiger partial charge < -0.3 is 0 Å². The second-order valence-electron chi connectivity index (χ2n) is 3.09. The zero-order chi connectivity index (χ0) is 8.69. The minimum absolute atomic E-state index is 0.819. The van der Waals surface area contributed by atoms with Crippen LogP contribution in [0.15, 0.2) is 0 Å². The van der Waals surface area contributed by atoms with E-state index < -0.39 is 0 Å². The van der Waals surface area contributed by atoms with Gasteiger partial charge in [-0.3, -0.25) is 0 Å². The van der Waals surface area contributed by atoms with Crippen LogP contribution in [0.25, 0.3) is 0 Å². The molecular formula is C9H18Br2. The van der Waals surface area contributed by atoms with E-state index in [-0.39, 0.29) is 0 Å². The summed E-state index contributed by atoms with van der Waals surface area (Å²) in [6.45, 7) is 4.57. The van der Waals surface area contributed by atoms with Crippen molar-refractivity contribution in [1.29, 1.82) is 0 Å². The Hall–Kier alpha value is 0.960. The van der Waals surface area contributed by atoms with Crippen LogP contribution in [0.1, 0.15) is 33.1 Å². The molecule has 0 unspecified atom stereocenters. The van der Waals surface area contributed by atoms with Crippen molar-refractivity contribution in [1.82, 2.24) is 0 Å². The highest BCUT2D eigenvalue weighted by Gasteiger charge is 2.11. The molecule has 68 valence electrons. The SMILES string of the molecule is CCC(CC)CC(CBr)CBr. The molecule has 0 heterocycles. The molecule has 0 radical (unpaired) electrons. The van der Waals surface area contributed by atoms with Crippen molar-refractivity contribution < 1.29 is 0 Å². The lowest BCUT2D eigenvalue weighted by molar-refractivity contribution is 0.397. The minimum Gasteiger partial charge on any atom is -0.0925 e. The van der Waals surface area contributed by atoms with E-state index in [9.17, 15) is 0 Å². The highest BCUT2D eigenvalue weighted by molar-refractivity contribution is 9.09. The third-order valence-electron chi connectivity index (χ3n) is 2.26. The molecule has 0 aromatic heterocycles. The van der Waals surface area contributed by atoms with Gasteiger partial charge in [0.25, 0.3) is 0 Å². The lowest BCUT2D eigenvalue weighted by Gasteiger charge is -2.17. The monoisotopic (exact) mass is 284 g/mol. The van der Waals surface area contributed by atoms with E-state index in [1.165, 1.54) is 19.3 Å². The van der Waals surface area contributed by atoms with E-state index in [0.29, 0.717) is 0 Å². The maximum atomic E-state index is 3.53. The topological polar surface area (TPSA) is 0 Å². The molecule has 0 aliphatic rings. The summed E-state index contributed by atoms with van der Waals surface area (Å²) in [5.41, 5.74) is 0. The Balaban J connectivity index is 3.58. The van der Waals surface area contributed by atoms with Crippen molar-refractivity contribution >= 4 is 31.9 Å². The Morgan fingerprint density at radius 3 is 1.64 bits per heavy atom. The van der Waals surface area contributed by atoms with Crippen LogP contribution in [0, 0.1) is 11.8 Å². The molecule has 0 rings (SSSR count). The Morgan fingerprint density at radius 1 is 0.909 bits per heavy atom. The maximum Gasteiger partial charge on any atom is 0.00677 e. The highest BCUT2D eigenvalue weighted by Crippen LogP contribution is 2.21. The lowest BCUT2D eigenvalue weighted by Crippen LogP contribution is -2.10. The van der Waals surface area contributed by atoms with Gasteiger partial charge in [-0.25, -0.2) is 0 Å². The van der Waals surface area contributed by atoms with E-state index in [0.717, 1.165) is 22.5 Å². The maximum absolute atomic E-state index is 3.53. The van der Waals surface area contributed by atoms with Crippen LogP contribution in [-0.2, 0) is 0 Å². The predicted octanol–water partition coefficient (Wildman–Crippen LogP) is 4.22. The fourth-order valence-electron chi connectivity index (χ4n) is 1.26. The number of halogens is 2. The molecule has 0 aliphatic heterocycles. The van der Waals surface area contributed by atoms with Gasteiger partial charge >= 0.3 is 0 Å². The summed E-state index contributed by atoms with van der Waals surface area (Å²) in [5.74, 6) is 1.75. The third kappa shape index (κ3) is 5.24. The first kappa shape index (κ1) is 12.0. The molecule has 0 bridgehead atoms. The smallest absolute Gasteiger partial charge is 0.00677 e. The molecule has 0 atom stereocenters. The van der Waals surface area contributed by atoms with Crippen molar-refractivity contribution in [2.75, 3.05) is 10.7 Å². The lowest BCUT2D eigenvalue weighted by atomic mass is 9.93. The quantitative estimate of drug-likeness (QED) is 0.641. The fraction of sp³-hybridized carbons (Fsp3) is 1.00. The molecule has 0 saturated carbocycles. The van der Waals surface area contributed by atoms with E-state index in [2.05, 4.69) is 45.7 Å². The van der Waals surface area contributed by atoms with Gasteiger partial charge in [0.2, 0.25) is 0 Å². The van der Waals surface area contributed by atoms with Gasteiger partial charge in [0.1, 0.15) is 0 Å². The summed E-state index contributed by atoms with van der Waals surface area (Å²) in [6, 6.07) is 0. The van der Waals surface area contributed by atoms with E-state index in [1.807, 2.05) is 0 Å². The Labute approximate surface area is 87.4 Å². The molecule has 2 heteroatoms.